The molecule has 53 heavy (non-hydrogen) atoms. The molecule has 276 valence electrons. The number of H-pyrrole nitrogens is 1. The fourth-order valence-electron chi connectivity index (χ4n) is 7.05. The zero-order valence-corrected chi connectivity index (χ0v) is 30.8. The molecule has 1 unspecified atom stereocenters. The van der Waals surface area contributed by atoms with Crippen LogP contribution in [0.1, 0.15) is 58.2 Å². The van der Waals surface area contributed by atoms with E-state index in [0.717, 1.165) is 91.9 Å². The largest absolute Gasteiger partial charge is 0.400 e. The predicted molar refractivity (Wildman–Crippen MR) is 208 cm³/mol. The van der Waals surface area contributed by atoms with Gasteiger partial charge in [-0.2, -0.15) is 10.4 Å². The molecule has 1 atom stereocenters. The Morgan fingerprint density at radius 3 is 2.66 bits per heavy atom. The molecule has 2 fully saturated rings. The van der Waals surface area contributed by atoms with E-state index in [9.17, 15) is 9.18 Å². The number of nitrogens with zero attached hydrogens (tertiary/aromatic N) is 6. The van der Waals surface area contributed by atoms with Crippen molar-refractivity contribution in [2.24, 2.45) is 10.4 Å². The minimum absolute atomic E-state index is 0.228. The molecule has 1 saturated carbocycles. The number of imidazole rings is 1. The Bertz CT molecular complexity index is 2150. The molecule has 0 amide bonds. The van der Waals surface area contributed by atoms with Gasteiger partial charge in [0, 0.05) is 69.2 Å². The number of nitriles is 1. The van der Waals surface area contributed by atoms with Crippen molar-refractivity contribution in [2.75, 3.05) is 46.3 Å². The molecule has 12 heteroatoms. The van der Waals surface area contributed by atoms with Crippen LogP contribution in [-0.4, -0.2) is 83.7 Å². The Balaban J connectivity index is 0.000000324. The summed E-state index contributed by atoms with van der Waals surface area (Å²) in [6.45, 7) is 8.88. The molecule has 11 nitrogen and oxygen atoms in total. The van der Waals surface area contributed by atoms with Gasteiger partial charge in [0.25, 0.3) is 0 Å². The van der Waals surface area contributed by atoms with Crippen LogP contribution in [-0.2, 0) is 17.7 Å². The lowest BCUT2D eigenvalue weighted by Crippen LogP contribution is -2.34. The molecule has 2 aliphatic rings. The molecule has 7 rings (SSSR count). The second-order valence-corrected chi connectivity index (χ2v) is 13.2. The van der Waals surface area contributed by atoms with Gasteiger partial charge in [-0.3, -0.25) is 9.89 Å². The summed E-state index contributed by atoms with van der Waals surface area (Å²) in [4.78, 5) is 22.8. The van der Waals surface area contributed by atoms with Gasteiger partial charge in [-0.25, -0.2) is 14.4 Å². The summed E-state index contributed by atoms with van der Waals surface area (Å²) in [6, 6.07) is 18.3. The number of methoxy groups -OCH3 is 1. The summed E-state index contributed by atoms with van der Waals surface area (Å²) >= 11 is 0. The molecule has 3 N–H and O–H groups in total. The van der Waals surface area contributed by atoms with Crippen molar-refractivity contribution < 1.29 is 19.0 Å². The zero-order chi connectivity index (χ0) is 38.0. The number of hydrogen-bond donors (Lipinski definition) is 3. The highest BCUT2D eigenvalue weighted by Gasteiger charge is 2.57. The highest BCUT2D eigenvalue weighted by molar-refractivity contribution is 5.86. The molecule has 1 aliphatic heterocycles. The molecule has 1 saturated heterocycles. The number of aromatic nitrogens is 4. The number of piperidine rings is 1. The average molecular weight is 719 g/mol. The number of halogens is 1. The number of likely N-dealkylation sites (tertiary alicyclic amines) is 1. The summed E-state index contributed by atoms with van der Waals surface area (Å²) in [7, 11) is 4.62. The minimum atomic E-state index is -0.370. The highest BCUT2D eigenvalue weighted by Crippen LogP contribution is 2.65. The third kappa shape index (κ3) is 8.71. The Labute approximate surface area is 309 Å². The number of aldehydes is 1. The van der Waals surface area contributed by atoms with Crippen LogP contribution >= 0.6 is 0 Å². The number of carbonyl (C=O) groups excluding carboxylic acids is 1. The Morgan fingerprint density at radius 2 is 1.98 bits per heavy atom. The number of fused-ring (bicyclic) bond motifs is 2. The van der Waals surface area contributed by atoms with E-state index in [4.69, 9.17) is 20.1 Å². The van der Waals surface area contributed by atoms with Gasteiger partial charge in [-0.05, 0) is 105 Å². The minimum Gasteiger partial charge on any atom is -0.400 e. The topological polar surface area (TPSA) is 144 Å². The van der Waals surface area contributed by atoms with Crippen LogP contribution in [0.4, 0.5) is 10.1 Å². The standard InChI is InChI=1S/C31H32FN5O2.C9H11N3.CH4O/c1-34-29(6-4-3-5-24-9-7-22(20-33)17-26(24)32)36-13-11-31(12-14-36)19-25(31)30-35-27-18-23(21-38)8-10-28(27)37(30)15-16-39-2;1-6-8-5-7(10-2)3-4-9(8)12-11-6;1-2/h3-4,6-10,17-18,21,25H,1,5,11-16,19H2,2H3;3-5,10H,1-2H3,(H,11,12);2H,1H3/b4-3-,29-6+;;. The molecule has 0 radical (unpaired) electrons. The predicted octanol–water partition coefficient (Wildman–Crippen LogP) is 6.94. The summed E-state index contributed by atoms with van der Waals surface area (Å²) in [5.74, 6) is 1.92. The molecule has 0 bridgehead atoms. The van der Waals surface area contributed by atoms with Crippen LogP contribution in [0.2, 0.25) is 0 Å². The van der Waals surface area contributed by atoms with E-state index >= 15 is 0 Å². The Morgan fingerprint density at radius 1 is 1.19 bits per heavy atom. The van der Waals surface area contributed by atoms with Crippen molar-refractivity contribution in [3.63, 3.8) is 0 Å². The molecule has 3 heterocycles. The second kappa shape index (κ2) is 17.7. The van der Waals surface area contributed by atoms with Crippen molar-refractivity contribution in [1.29, 1.82) is 5.26 Å². The maximum atomic E-state index is 14.1. The smallest absolute Gasteiger partial charge is 0.150 e. The van der Waals surface area contributed by atoms with Crippen molar-refractivity contribution >= 4 is 40.6 Å². The number of nitrogens with one attached hydrogen (secondary N) is 2. The van der Waals surface area contributed by atoms with E-state index in [1.807, 2.05) is 68.6 Å². The zero-order valence-electron chi connectivity index (χ0n) is 30.8. The maximum absolute atomic E-state index is 14.1. The van der Waals surface area contributed by atoms with E-state index in [0.29, 0.717) is 35.6 Å². The van der Waals surface area contributed by atoms with E-state index in [2.05, 4.69) is 42.8 Å². The van der Waals surface area contributed by atoms with Crippen LogP contribution in [0.5, 0.6) is 0 Å². The number of hydrogen-bond acceptors (Lipinski definition) is 9. The lowest BCUT2D eigenvalue weighted by Gasteiger charge is -2.34. The Kier molecular flexibility index (Phi) is 12.9. The fraction of sp³-hybridized carbons (Fsp3) is 0.341. The summed E-state index contributed by atoms with van der Waals surface area (Å²) in [5.41, 5.74) is 6.88. The van der Waals surface area contributed by atoms with Gasteiger partial charge in [0.1, 0.15) is 23.7 Å². The number of aliphatic hydroxyl groups excluding tert-OH is 1. The molecule has 5 aromatic rings. The SMILES string of the molecule is C=N/C(=C\C=C/Cc1ccc(C#N)cc1F)N1CCC2(CC1)CC2c1nc2cc(C=O)ccc2n1CCOC.CNc1ccc2n[nH]c(C)c2c1.CO. The second-order valence-electron chi connectivity index (χ2n) is 13.2. The Hall–Kier alpha value is -5.64. The number of aliphatic imine (C=N–C) groups is 1. The van der Waals surface area contributed by atoms with Crippen molar-refractivity contribution in [3.8, 4) is 6.07 Å². The van der Waals surface area contributed by atoms with E-state index in [-0.39, 0.29) is 11.2 Å². The van der Waals surface area contributed by atoms with Gasteiger partial charge in [-0.15, -0.1) is 0 Å². The average Bonchev–Trinajstić information content (AvgIpc) is 3.57. The van der Waals surface area contributed by atoms with Crippen molar-refractivity contribution in [2.45, 2.75) is 45.1 Å². The number of anilines is 1. The van der Waals surface area contributed by atoms with Crippen LogP contribution in [0, 0.1) is 29.5 Å². The van der Waals surface area contributed by atoms with E-state index < -0.39 is 0 Å². The van der Waals surface area contributed by atoms with Crippen LogP contribution in [0.3, 0.4) is 0 Å². The number of carbonyl (C=O) groups is 1. The van der Waals surface area contributed by atoms with Crippen LogP contribution in [0.15, 0.2) is 83.6 Å². The molecule has 2 aromatic heterocycles. The number of benzene rings is 3. The lowest BCUT2D eigenvalue weighted by molar-refractivity contribution is 0.112. The van der Waals surface area contributed by atoms with Gasteiger partial charge in [0.2, 0.25) is 0 Å². The molecule has 1 aliphatic carbocycles. The lowest BCUT2D eigenvalue weighted by atomic mass is 9.90. The number of allylic oxidation sites excluding steroid dienone is 3. The fourth-order valence-corrected chi connectivity index (χ4v) is 7.05. The first-order valence-electron chi connectivity index (χ1n) is 17.6. The third-order valence-corrected chi connectivity index (χ3v) is 10.1. The molecular weight excluding hydrogens is 672 g/mol. The maximum Gasteiger partial charge on any atom is 0.150 e. The number of aliphatic hydroxyl groups is 1. The van der Waals surface area contributed by atoms with E-state index in [1.54, 1.807) is 19.2 Å². The summed E-state index contributed by atoms with van der Waals surface area (Å²) in [5, 5.41) is 27.3. The van der Waals surface area contributed by atoms with E-state index in [1.165, 1.54) is 11.5 Å². The van der Waals surface area contributed by atoms with Gasteiger partial charge in [0.05, 0.1) is 34.8 Å². The van der Waals surface area contributed by atoms with Gasteiger partial charge < -0.3 is 24.6 Å². The number of aryl methyl sites for hydroxylation is 1. The van der Waals surface area contributed by atoms with Crippen LogP contribution < -0.4 is 5.32 Å². The van der Waals surface area contributed by atoms with Crippen molar-refractivity contribution in [1.82, 2.24) is 24.6 Å². The molecular formula is C41H47FN8O3. The highest BCUT2D eigenvalue weighted by atomic mass is 19.1. The number of ether oxygens (including phenoxy) is 1. The normalized spacial score (nSPS) is 16.1. The third-order valence-electron chi connectivity index (χ3n) is 10.1. The first-order chi connectivity index (χ1) is 25.8. The van der Waals surface area contributed by atoms with Crippen LogP contribution in [0.25, 0.3) is 21.9 Å². The monoisotopic (exact) mass is 718 g/mol. The van der Waals surface area contributed by atoms with Gasteiger partial charge in [0.15, 0.2) is 0 Å². The van der Waals surface area contributed by atoms with Crippen molar-refractivity contribution in [3.05, 3.63) is 113 Å². The molecule has 3 aromatic carbocycles. The number of rotatable bonds is 11. The van der Waals surface area contributed by atoms with Gasteiger partial charge in [-0.1, -0.05) is 18.2 Å². The number of aromatic amines is 1. The first kappa shape index (κ1) is 38.6. The quantitative estimate of drug-likeness (QED) is 0.0757. The first-order valence-corrected chi connectivity index (χ1v) is 17.6. The molecule has 1 spiro atoms. The van der Waals surface area contributed by atoms with Gasteiger partial charge >= 0.3 is 0 Å². The summed E-state index contributed by atoms with van der Waals surface area (Å²) in [6.07, 6.45) is 10.2. The summed E-state index contributed by atoms with van der Waals surface area (Å²) < 4.78 is 21.8.